The number of unbranched alkanes of at least 4 members (excludes halogenated alkanes) is 2. The third-order valence-electron chi connectivity index (χ3n) is 2.66. The first-order chi connectivity index (χ1) is 8.73. The molecule has 0 fully saturated rings. The second-order valence-electron chi connectivity index (χ2n) is 4.38. The van der Waals surface area contributed by atoms with Gasteiger partial charge in [-0.15, -0.1) is 0 Å². The number of halogens is 3. The van der Waals surface area contributed by atoms with Crippen molar-refractivity contribution < 1.29 is 27.5 Å². The van der Waals surface area contributed by atoms with Gasteiger partial charge in [0.1, 0.15) is 0 Å². The fraction of sp³-hybridized carbons (Fsp3) is 0.833. The Bertz CT molecular complexity index is 305. The molecule has 7 heteroatoms. The van der Waals surface area contributed by atoms with Gasteiger partial charge in [-0.3, -0.25) is 9.59 Å². The quantitative estimate of drug-likeness (QED) is 0.532. The lowest BCUT2D eigenvalue weighted by Gasteiger charge is -2.25. The van der Waals surface area contributed by atoms with E-state index in [2.05, 4.69) is 4.74 Å². The number of hydrogen-bond acceptors (Lipinski definition) is 3. The first kappa shape index (κ1) is 17.7. The third-order valence-corrected chi connectivity index (χ3v) is 2.66. The van der Waals surface area contributed by atoms with Crippen LogP contribution in [0.15, 0.2) is 0 Å². The number of ether oxygens (including phenoxy) is 1. The molecule has 0 aliphatic rings. The van der Waals surface area contributed by atoms with Crippen LogP contribution in [0, 0.1) is 5.92 Å². The van der Waals surface area contributed by atoms with Gasteiger partial charge in [-0.25, -0.2) is 0 Å². The van der Waals surface area contributed by atoms with Crippen LogP contribution in [0.3, 0.4) is 0 Å². The molecule has 0 N–H and O–H groups in total. The van der Waals surface area contributed by atoms with Crippen LogP contribution in [-0.4, -0.2) is 43.2 Å². The molecule has 0 spiro atoms. The maximum absolute atomic E-state index is 12.4. The minimum Gasteiger partial charge on any atom is -0.469 e. The van der Waals surface area contributed by atoms with Crippen molar-refractivity contribution in [2.24, 2.45) is 5.92 Å². The average molecular weight is 283 g/mol. The Morgan fingerprint density at radius 2 is 1.84 bits per heavy atom. The zero-order valence-electron chi connectivity index (χ0n) is 11.4. The molecule has 0 bridgehead atoms. The van der Waals surface area contributed by atoms with E-state index in [1.807, 2.05) is 6.92 Å². The number of esters is 1. The van der Waals surface area contributed by atoms with Gasteiger partial charge >= 0.3 is 18.1 Å². The highest BCUT2D eigenvalue weighted by Crippen LogP contribution is 2.20. The Hall–Kier alpha value is -1.27. The fourth-order valence-electron chi connectivity index (χ4n) is 1.61. The maximum Gasteiger partial charge on any atom is 0.471 e. The van der Waals surface area contributed by atoms with Gasteiger partial charge in [-0.2, -0.15) is 13.2 Å². The summed E-state index contributed by atoms with van der Waals surface area (Å²) in [6.07, 6.45) is -2.87. The van der Waals surface area contributed by atoms with Crippen molar-refractivity contribution in [1.29, 1.82) is 0 Å². The van der Waals surface area contributed by atoms with E-state index in [4.69, 9.17) is 0 Å². The summed E-state index contributed by atoms with van der Waals surface area (Å²) < 4.78 is 41.7. The van der Waals surface area contributed by atoms with Gasteiger partial charge in [-0.1, -0.05) is 26.7 Å². The molecule has 0 aliphatic heterocycles. The maximum atomic E-state index is 12.4. The molecule has 0 aromatic heterocycles. The summed E-state index contributed by atoms with van der Waals surface area (Å²) in [7, 11) is 1.16. The number of amides is 1. The number of carbonyl (C=O) groups is 2. The van der Waals surface area contributed by atoms with Gasteiger partial charge in [0.05, 0.1) is 13.0 Å². The highest BCUT2D eigenvalue weighted by atomic mass is 19.4. The summed E-state index contributed by atoms with van der Waals surface area (Å²) in [5.74, 6) is -3.31. The van der Waals surface area contributed by atoms with E-state index in [1.54, 1.807) is 0 Å². The highest BCUT2D eigenvalue weighted by Gasteiger charge is 2.42. The molecule has 0 heterocycles. The summed E-state index contributed by atoms with van der Waals surface area (Å²) in [5, 5.41) is 0. The normalized spacial score (nSPS) is 12.9. The zero-order valence-corrected chi connectivity index (χ0v) is 11.4. The van der Waals surface area contributed by atoms with Crippen LogP contribution in [0.5, 0.6) is 0 Å². The minimum atomic E-state index is -4.91. The lowest BCUT2D eigenvalue weighted by atomic mass is 10.1. The molecule has 0 aromatic rings. The number of carbonyl (C=O) groups excluding carboxylic acids is 2. The van der Waals surface area contributed by atoms with Gasteiger partial charge in [0.15, 0.2) is 0 Å². The van der Waals surface area contributed by atoms with E-state index in [1.165, 1.54) is 6.92 Å². The van der Waals surface area contributed by atoms with Gasteiger partial charge in [0.2, 0.25) is 0 Å². The highest BCUT2D eigenvalue weighted by molar-refractivity contribution is 5.82. The van der Waals surface area contributed by atoms with Crippen LogP contribution < -0.4 is 0 Å². The van der Waals surface area contributed by atoms with E-state index in [0.717, 1.165) is 20.0 Å². The van der Waals surface area contributed by atoms with Gasteiger partial charge < -0.3 is 9.64 Å². The molecule has 1 amide bonds. The van der Waals surface area contributed by atoms with Gasteiger partial charge in [0, 0.05) is 13.1 Å². The molecular weight excluding hydrogens is 263 g/mol. The monoisotopic (exact) mass is 283 g/mol. The van der Waals surface area contributed by atoms with Crippen LogP contribution in [0.25, 0.3) is 0 Å². The molecule has 0 aromatic carbocycles. The molecule has 112 valence electrons. The molecule has 1 unspecified atom stereocenters. The Balaban J connectivity index is 4.67. The van der Waals surface area contributed by atoms with E-state index < -0.39 is 24.0 Å². The van der Waals surface area contributed by atoms with E-state index >= 15 is 0 Å². The number of methoxy groups -OCH3 is 1. The van der Waals surface area contributed by atoms with Crippen LogP contribution in [0.2, 0.25) is 0 Å². The second kappa shape index (κ2) is 8.01. The Morgan fingerprint density at radius 3 is 2.26 bits per heavy atom. The van der Waals surface area contributed by atoms with Crippen molar-refractivity contribution in [3.05, 3.63) is 0 Å². The lowest BCUT2D eigenvalue weighted by Crippen LogP contribution is -2.44. The number of nitrogens with zero attached hydrogens (tertiary/aromatic N) is 1. The Labute approximate surface area is 110 Å². The van der Waals surface area contributed by atoms with Gasteiger partial charge in [0.25, 0.3) is 0 Å². The average Bonchev–Trinajstić information content (AvgIpc) is 2.34. The summed E-state index contributed by atoms with van der Waals surface area (Å²) in [6, 6.07) is 0. The molecule has 4 nitrogen and oxygen atoms in total. The third kappa shape index (κ3) is 6.45. The SMILES string of the molecule is CCCCCN(CC(C)C(=O)OC)C(=O)C(F)(F)F. The molecular formula is C12H20F3NO3. The van der Waals surface area contributed by atoms with Crippen LogP contribution in [-0.2, 0) is 14.3 Å². The first-order valence-electron chi connectivity index (χ1n) is 6.18. The van der Waals surface area contributed by atoms with Crippen molar-refractivity contribution in [3.63, 3.8) is 0 Å². The molecule has 1 atom stereocenters. The van der Waals surface area contributed by atoms with Crippen molar-refractivity contribution in [2.75, 3.05) is 20.2 Å². The summed E-state index contributed by atoms with van der Waals surface area (Å²) >= 11 is 0. The number of alkyl halides is 3. The molecule has 0 saturated carbocycles. The number of rotatable bonds is 7. The summed E-state index contributed by atoms with van der Waals surface area (Å²) in [5.41, 5.74) is 0. The Morgan fingerprint density at radius 1 is 1.26 bits per heavy atom. The van der Waals surface area contributed by atoms with E-state index in [-0.39, 0.29) is 13.1 Å². The van der Waals surface area contributed by atoms with Crippen molar-refractivity contribution >= 4 is 11.9 Å². The topological polar surface area (TPSA) is 46.6 Å². The van der Waals surface area contributed by atoms with E-state index in [0.29, 0.717) is 11.3 Å². The minimum absolute atomic E-state index is 0.00643. The second-order valence-corrected chi connectivity index (χ2v) is 4.38. The Kier molecular flexibility index (Phi) is 7.48. The predicted octanol–water partition coefficient (Wildman–Crippen LogP) is 2.38. The largest absolute Gasteiger partial charge is 0.471 e. The summed E-state index contributed by atoms with van der Waals surface area (Å²) in [6.45, 7) is 3.05. The number of hydrogen-bond donors (Lipinski definition) is 0. The molecule has 0 radical (unpaired) electrons. The van der Waals surface area contributed by atoms with Gasteiger partial charge in [-0.05, 0) is 6.42 Å². The lowest BCUT2D eigenvalue weighted by molar-refractivity contribution is -0.186. The predicted molar refractivity (Wildman–Crippen MR) is 63.3 cm³/mol. The fourth-order valence-corrected chi connectivity index (χ4v) is 1.61. The first-order valence-corrected chi connectivity index (χ1v) is 6.18. The van der Waals surface area contributed by atoms with Crippen LogP contribution in [0.1, 0.15) is 33.1 Å². The van der Waals surface area contributed by atoms with Crippen molar-refractivity contribution in [1.82, 2.24) is 4.90 Å². The summed E-state index contributed by atoms with van der Waals surface area (Å²) in [4.78, 5) is 23.1. The van der Waals surface area contributed by atoms with E-state index in [9.17, 15) is 22.8 Å². The molecule has 0 saturated heterocycles. The standard InChI is InChI=1S/C12H20F3NO3/c1-4-5-6-7-16(11(18)12(13,14)15)8-9(2)10(17)19-3/h9H,4-8H2,1-3H3. The van der Waals surface area contributed by atoms with Crippen molar-refractivity contribution in [2.45, 2.75) is 39.3 Å². The molecule has 0 rings (SSSR count). The van der Waals surface area contributed by atoms with Crippen LogP contribution >= 0.6 is 0 Å². The molecule has 19 heavy (non-hydrogen) atoms. The zero-order chi connectivity index (χ0) is 15.1. The van der Waals surface area contributed by atoms with Crippen molar-refractivity contribution in [3.8, 4) is 0 Å². The van der Waals surface area contributed by atoms with Crippen LogP contribution in [0.4, 0.5) is 13.2 Å². The molecule has 0 aliphatic carbocycles. The smallest absolute Gasteiger partial charge is 0.469 e.